The zero-order valence-electron chi connectivity index (χ0n) is 10.2. The second-order valence-electron chi connectivity index (χ2n) is 4.07. The fraction of sp³-hybridized carbons (Fsp3) is 0.667. The molecule has 1 heterocycles. The largest absolute Gasteiger partial charge is 0.469 e. The summed E-state index contributed by atoms with van der Waals surface area (Å²) in [6.07, 6.45) is 2.74. The van der Waals surface area contributed by atoms with Crippen LogP contribution in [-0.2, 0) is 14.3 Å². The number of methoxy groups -OCH3 is 1. The van der Waals surface area contributed by atoms with Crippen LogP contribution in [0, 0.1) is 0 Å². The SMILES string of the molecule is C=C(CCC(=O)OC)C(=O)NC1CCCSC1. The third-order valence-corrected chi connectivity index (χ3v) is 3.89. The number of carbonyl (C=O) groups excluding carboxylic acids is 2. The summed E-state index contributed by atoms with van der Waals surface area (Å²) < 4.78 is 4.52. The molecule has 1 aliphatic rings. The highest BCUT2D eigenvalue weighted by molar-refractivity contribution is 7.99. The first-order chi connectivity index (χ1) is 8.13. The first kappa shape index (κ1) is 14.1. The summed E-state index contributed by atoms with van der Waals surface area (Å²) in [5, 5.41) is 2.95. The molecule has 17 heavy (non-hydrogen) atoms. The molecular weight excluding hydrogens is 238 g/mol. The predicted molar refractivity (Wildman–Crippen MR) is 68.9 cm³/mol. The summed E-state index contributed by atoms with van der Waals surface area (Å²) in [5.74, 6) is 1.69. The first-order valence-electron chi connectivity index (χ1n) is 5.76. The highest BCUT2D eigenvalue weighted by Crippen LogP contribution is 2.17. The molecule has 1 aliphatic heterocycles. The lowest BCUT2D eigenvalue weighted by Crippen LogP contribution is -2.39. The van der Waals surface area contributed by atoms with Gasteiger partial charge in [0, 0.05) is 23.8 Å². The molecule has 4 nitrogen and oxygen atoms in total. The molecule has 1 saturated heterocycles. The Morgan fingerprint density at radius 2 is 2.24 bits per heavy atom. The van der Waals surface area contributed by atoms with Gasteiger partial charge in [-0.2, -0.15) is 11.8 Å². The molecule has 0 spiro atoms. The second-order valence-corrected chi connectivity index (χ2v) is 5.22. The molecule has 0 saturated carbocycles. The standard InChI is InChI=1S/C12H19NO3S/c1-9(5-6-11(14)16-2)12(15)13-10-4-3-7-17-8-10/h10H,1,3-8H2,2H3,(H,13,15). The minimum Gasteiger partial charge on any atom is -0.469 e. The quantitative estimate of drug-likeness (QED) is 0.599. The second kappa shape index (κ2) is 7.37. The molecule has 0 aromatic carbocycles. The van der Waals surface area contributed by atoms with Crippen molar-refractivity contribution in [2.24, 2.45) is 0 Å². The van der Waals surface area contributed by atoms with Crippen molar-refractivity contribution in [3.05, 3.63) is 12.2 Å². The minimum absolute atomic E-state index is 0.138. The van der Waals surface area contributed by atoms with Crippen LogP contribution in [0.5, 0.6) is 0 Å². The van der Waals surface area contributed by atoms with E-state index in [2.05, 4.69) is 16.6 Å². The van der Waals surface area contributed by atoms with E-state index in [0.29, 0.717) is 12.0 Å². The van der Waals surface area contributed by atoms with Crippen molar-refractivity contribution in [1.82, 2.24) is 5.32 Å². The molecule has 96 valence electrons. The van der Waals surface area contributed by atoms with E-state index in [-0.39, 0.29) is 24.3 Å². The maximum absolute atomic E-state index is 11.7. The van der Waals surface area contributed by atoms with Gasteiger partial charge in [-0.3, -0.25) is 9.59 Å². The van der Waals surface area contributed by atoms with Gasteiger partial charge in [0.05, 0.1) is 7.11 Å². The monoisotopic (exact) mass is 257 g/mol. The maximum atomic E-state index is 11.7. The highest BCUT2D eigenvalue weighted by Gasteiger charge is 2.17. The maximum Gasteiger partial charge on any atom is 0.305 e. The minimum atomic E-state index is -0.313. The molecule has 1 N–H and O–H groups in total. The van der Waals surface area contributed by atoms with E-state index in [9.17, 15) is 9.59 Å². The molecular formula is C12H19NO3S. The van der Waals surface area contributed by atoms with Crippen LogP contribution in [-0.4, -0.2) is 36.5 Å². The number of hydrogen-bond acceptors (Lipinski definition) is 4. The lowest BCUT2D eigenvalue weighted by molar-refractivity contribution is -0.140. The number of rotatable bonds is 5. The highest BCUT2D eigenvalue weighted by atomic mass is 32.2. The van der Waals surface area contributed by atoms with E-state index in [1.54, 1.807) is 0 Å². The van der Waals surface area contributed by atoms with E-state index in [1.807, 2.05) is 11.8 Å². The summed E-state index contributed by atoms with van der Waals surface area (Å²) in [7, 11) is 1.34. The number of esters is 1. The van der Waals surface area contributed by atoms with Gasteiger partial charge >= 0.3 is 5.97 Å². The summed E-state index contributed by atoms with van der Waals surface area (Å²) in [6.45, 7) is 3.70. The molecule has 0 aromatic heterocycles. The van der Waals surface area contributed by atoms with Crippen LogP contribution in [0.4, 0.5) is 0 Å². The van der Waals surface area contributed by atoms with Gasteiger partial charge in [-0.05, 0) is 25.0 Å². The molecule has 1 fully saturated rings. The summed E-state index contributed by atoms with van der Waals surface area (Å²) in [4.78, 5) is 22.7. The van der Waals surface area contributed by atoms with Crippen molar-refractivity contribution < 1.29 is 14.3 Å². The van der Waals surface area contributed by atoms with Crippen LogP contribution in [0.25, 0.3) is 0 Å². The van der Waals surface area contributed by atoms with Crippen molar-refractivity contribution in [2.45, 2.75) is 31.7 Å². The van der Waals surface area contributed by atoms with Gasteiger partial charge in [-0.1, -0.05) is 6.58 Å². The molecule has 0 aliphatic carbocycles. The van der Waals surface area contributed by atoms with E-state index >= 15 is 0 Å². The Bertz CT molecular complexity index is 298. The number of nitrogens with one attached hydrogen (secondary N) is 1. The predicted octanol–water partition coefficient (Wildman–Crippen LogP) is 1.51. The molecule has 5 heteroatoms. The van der Waals surface area contributed by atoms with Gasteiger partial charge in [-0.25, -0.2) is 0 Å². The molecule has 1 rings (SSSR count). The van der Waals surface area contributed by atoms with Crippen LogP contribution in [0.2, 0.25) is 0 Å². The Hall–Kier alpha value is -0.970. The summed E-state index contributed by atoms with van der Waals surface area (Å²) in [5.41, 5.74) is 0.450. The van der Waals surface area contributed by atoms with Gasteiger partial charge in [0.1, 0.15) is 0 Å². The lowest BCUT2D eigenvalue weighted by atomic mass is 10.1. The van der Waals surface area contributed by atoms with Crippen LogP contribution in [0.1, 0.15) is 25.7 Å². The van der Waals surface area contributed by atoms with Gasteiger partial charge < -0.3 is 10.1 Å². The fourth-order valence-corrected chi connectivity index (χ4v) is 2.68. The van der Waals surface area contributed by atoms with Crippen LogP contribution < -0.4 is 5.32 Å². The van der Waals surface area contributed by atoms with Crippen molar-refractivity contribution in [1.29, 1.82) is 0 Å². The Morgan fingerprint density at radius 1 is 1.47 bits per heavy atom. The van der Waals surface area contributed by atoms with Crippen molar-refractivity contribution in [2.75, 3.05) is 18.6 Å². The number of amides is 1. The van der Waals surface area contributed by atoms with Gasteiger partial charge in [0.15, 0.2) is 0 Å². The van der Waals surface area contributed by atoms with Gasteiger partial charge in [0.25, 0.3) is 0 Å². The summed E-state index contributed by atoms with van der Waals surface area (Å²) >= 11 is 1.86. The molecule has 1 unspecified atom stereocenters. The zero-order valence-corrected chi connectivity index (χ0v) is 11.0. The Kier molecular flexibility index (Phi) is 6.11. The average molecular weight is 257 g/mol. The van der Waals surface area contributed by atoms with E-state index in [0.717, 1.165) is 18.6 Å². The van der Waals surface area contributed by atoms with Crippen molar-refractivity contribution >= 4 is 23.6 Å². The van der Waals surface area contributed by atoms with Crippen LogP contribution >= 0.6 is 11.8 Å². The van der Waals surface area contributed by atoms with Crippen LogP contribution in [0.3, 0.4) is 0 Å². The van der Waals surface area contributed by atoms with E-state index in [1.165, 1.54) is 12.9 Å². The molecule has 0 radical (unpaired) electrons. The molecule has 0 aromatic rings. The third-order valence-electron chi connectivity index (χ3n) is 2.68. The molecule has 1 atom stereocenters. The Labute approximate surface area is 106 Å². The number of ether oxygens (including phenoxy) is 1. The van der Waals surface area contributed by atoms with Gasteiger partial charge in [0.2, 0.25) is 5.91 Å². The molecule has 0 bridgehead atoms. The number of carbonyl (C=O) groups is 2. The topological polar surface area (TPSA) is 55.4 Å². The zero-order chi connectivity index (χ0) is 12.7. The number of thioether (sulfide) groups is 1. The third kappa shape index (κ3) is 5.26. The molecule has 1 amide bonds. The summed E-state index contributed by atoms with van der Waals surface area (Å²) in [6, 6.07) is 0.246. The Balaban J connectivity index is 2.26. The smallest absolute Gasteiger partial charge is 0.305 e. The van der Waals surface area contributed by atoms with Crippen molar-refractivity contribution in [3.8, 4) is 0 Å². The van der Waals surface area contributed by atoms with Gasteiger partial charge in [-0.15, -0.1) is 0 Å². The van der Waals surface area contributed by atoms with Crippen LogP contribution in [0.15, 0.2) is 12.2 Å². The van der Waals surface area contributed by atoms with E-state index in [4.69, 9.17) is 0 Å². The van der Waals surface area contributed by atoms with Crippen molar-refractivity contribution in [3.63, 3.8) is 0 Å². The number of hydrogen-bond donors (Lipinski definition) is 1. The average Bonchev–Trinajstić information content (AvgIpc) is 2.36. The first-order valence-corrected chi connectivity index (χ1v) is 6.92. The van der Waals surface area contributed by atoms with E-state index < -0.39 is 0 Å². The fourth-order valence-electron chi connectivity index (χ4n) is 1.61. The normalized spacial score (nSPS) is 19.5. The lowest BCUT2D eigenvalue weighted by Gasteiger charge is -2.22. The Morgan fingerprint density at radius 3 is 2.82 bits per heavy atom.